The maximum Gasteiger partial charge on any atom is 0.159 e. The summed E-state index contributed by atoms with van der Waals surface area (Å²) >= 11 is 0. The third kappa shape index (κ3) is 8.55. The van der Waals surface area contributed by atoms with Gasteiger partial charge in [-0.15, -0.1) is 0 Å². The number of benzene rings is 14. The van der Waals surface area contributed by atoms with E-state index in [0.29, 0.717) is 0 Å². The molecule has 19 aromatic rings. The Kier molecular flexibility index (Phi) is 11.8. The lowest BCUT2D eigenvalue weighted by Crippen LogP contribution is -2.12. The predicted molar refractivity (Wildman–Crippen MR) is 382 cm³/mol. The molecule has 5 heterocycles. The quantitative estimate of drug-likeness (QED) is 0.119. The van der Waals surface area contributed by atoms with Crippen LogP contribution in [0.2, 0.25) is 0 Å². The summed E-state index contributed by atoms with van der Waals surface area (Å²) in [6.07, 6.45) is 0. The molecule has 9 nitrogen and oxygen atoms in total. The SMILES string of the molecule is c1ccc(N(c2ccccc2)c2ccc(N(c3ccc4c(c3)oc3cc5c(cc34)oc3cc4c(cc35)oc3cc(N(c5ccc(N(c6ccccc6)c6ccccc6)cc5)c5cccc6c5oc5ccccc56)ccc34)c3cccc4c3oc3ccccc34)cc2)cc1. The number of furan rings is 5. The predicted octanol–water partition coefficient (Wildman–Crippen LogP) is 25.1. The molecule has 0 bridgehead atoms. The summed E-state index contributed by atoms with van der Waals surface area (Å²) in [6.45, 7) is 0. The normalized spacial score (nSPS) is 11.9. The second kappa shape index (κ2) is 20.9. The highest BCUT2D eigenvalue weighted by Crippen LogP contribution is 2.49. The van der Waals surface area contributed by atoms with Crippen molar-refractivity contribution < 1.29 is 22.1 Å². The van der Waals surface area contributed by atoms with Gasteiger partial charge in [-0.1, -0.05) is 133 Å². The zero-order chi connectivity index (χ0) is 61.1. The minimum Gasteiger partial charge on any atom is -0.456 e. The molecule has 0 aliphatic rings. The minimum atomic E-state index is 0.746. The van der Waals surface area contributed by atoms with Crippen LogP contribution in [0.4, 0.5) is 68.2 Å². The van der Waals surface area contributed by atoms with Crippen LogP contribution >= 0.6 is 0 Å². The Balaban J connectivity index is 0.707. The molecular formula is C84H52N4O5. The van der Waals surface area contributed by atoms with Crippen molar-refractivity contribution in [1.82, 2.24) is 0 Å². The number of fused-ring (bicyclic) bond motifs is 15. The highest BCUT2D eigenvalue weighted by Gasteiger charge is 2.26. The summed E-state index contributed by atoms with van der Waals surface area (Å²) in [5, 5.41) is 9.97. The molecule has 9 heteroatoms. The van der Waals surface area contributed by atoms with E-state index in [-0.39, 0.29) is 0 Å². The van der Waals surface area contributed by atoms with Crippen molar-refractivity contribution >= 4 is 178 Å². The van der Waals surface area contributed by atoms with E-state index in [1.807, 2.05) is 48.5 Å². The van der Waals surface area contributed by atoms with Crippen LogP contribution in [-0.4, -0.2) is 0 Å². The largest absolute Gasteiger partial charge is 0.456 e. The van der Waals surface area contributed by atoms with Gasteiger partial charge in [-0.2, -0.15) is 0 Å². The van der Waals surface area contributed by atoms with Crippen molar-refractivity contribution in [1.29, 1.82) is 0 Å². The van der Waals surface area contributed by atoms with Crippen LogP contribution < -0.4 is 19.6 Å². The Labute approximate surface area is 532 Å². The molecule has 14 aromatic carbocycles. The first-order chi connectivity index (χ1) is 46.1. The smallest absolute Gasteiger partial charge is 0.159 e. The second-order valence-corrected chi connectivity index (χ2v) is 23.6. The maximum atomic E-state index is 6.94. The van der Waals surface area contributed by atoms with Crippen molar-refractivity contribution in [2.24, 2.45) is 0 Å². The number of hydrogen-bond donors (Lipinski definition) is 0. The molecule has 0 aliphatic heterocycles. The van der Waals surface area contributed by atoms with Gasteiger partial charge in [-0.3, -0.25) is 0 Å². The topological polar surface area (TPSA) is 78.7 Å². The first-order valence-corrected chi connectivity index (χ1v) is 31.2. The zero-order valence-corrected chi connectivity index (χ0v) is 49.9. The molecule has 0 aliphatic carbocycles. The van der Waals surface area contributed by atoms with E-state index in [0.717, 1.165) is 178 Å². The summed E-state index contributed by atoms with van der Waals surface area (Å²) in [5.41, 5.74) is 19.7. The molecule has 438 valence electrons. The average molecular weight is 1200 g/mol. The standard InChI is InChI=1S/C84H52N4O5/c1-5-19-53(20-6-1)85(54-21-7-2-8-22-54)57-35-39-59(40-36-57)87(73-31-17-29-67-63-27-13-15-33-75(63)92-83(67)73)61-43-45-65-69-49-81-71(51-79(69)89-77(65)47-61)72-52-80-70(50-82(72)91-81)66-46-44-62(48-78(66)90-80)88(74-32-18-30-68-64-28-14-16-34-76(64)93-84(68)74)60-41-37-58(38-42-60)86(55-23-9-3-10-24-55)56-25-11-4-12-26-56/h1-52H. The summed E-state index contributed by atoms with van der Waals surface area (Å²) in [4.78, 5) is 9.08. The van der Waals surface area contributed by atoms with Crippen molar-refractivity contribution in [3.63, 3.8) is 0 Å². The molecule has 0 saturated carbocycles. The van der Waals surface area contributed by atoms with Gasteiger partial charge < -0.3 is 41.7 Å². The van der Waals surface area contributed by atoms with Gasteiger partial charge in [-0.25, -0.2) is 0 Å². The van der Waals surface area contributed by atoms with E-state index in [1.54, 1.807) is 0 Å². The zero-order valence-electron chi connectivity index (χ0n) is 49.9. The molecule has 0 unspecified atom stereocenters. The minimum absolute atomic E-state index is 0.746. The van der Waals surface area contributed by atoms with Crippen LogP contribution in [0, 0.1) is 0 Å². The van der Waals surface area contributed by atoms with Gasteiger partial charge in [-0.05, 0) is 170 Å². The van der Waals surface area contributed by atoms with Crippen LogP contribution in [-0.2, 0) is 0 Å². The van der Waals surface area contributed by atoms with Crippen LogP contribution in [0.5, 0.6) is 0 Å². The second-order valence-electron chi connectivity index (χ2n) is 23.6. The third-order valence-electron chi connectivity index (χ3n) is 18.2. The fraction of sp³-hybridized carbons (Fsp3) is 0. The van der Waals surface area contributed by atoms with Gasteiger partial charge in [0.05, 0.1) is 22.7 Å². The number of nitrogens with zero attached hydrogens (tertiary/aromatic N) is 4. The lowest BCUT2D eigenvalue weighted by Gasteiger charge is -2.28. The van der Waals surface area contributed by atoms with Crippen molar-refractivity contribution in [3.8, 4) is 0 Å². The van der Waals surface area contributed by atoms with Gasteiger partial charge in [0.2, 0.25) is 0 Å². The molecule has 0 fully saturated rings. The fourth-order valence-corrected chi connectivity index (χ4v) is 13.9. The molecule has 0 spiro atoms. The Morgan fingerprint density at radius 1 is 0.151 bits per heavy atom. The van der Waals surface area contributed by atoms with Crippen molar-refractivity contribution in [2.45, 2.75) is 0 Å². The lowest BCUT2D eigenvalue weighted by atomic mass is 10.1. The molecule has 0 saturated heterocycles. The highest BCUT2D eigenvalue weighted by molar-refractivity contribution is 6.20. The Hall–Kier alpha value is -12.7. The van der Waals surface area contributed by atoms with E-state index in [9.17, 15) is 0 Å². The number of hydrogen-bond acceptors (Lipinski definition) is 9. The van der Waals surface area contributed by atoms with Gasteiger partial charge in [0.15, 0.2) is 11.2 Å². The van der Waals surface area contributed by atoms with Crippen LogP contribution in [0.1, 0.15) is 0 Å². The molecule has 93 heavy (non-hydrogen) atoms. The summed E-state index contributed by atoms with van der Waals surface area (Å²) < 4.78 is 34.2. The van der Waals surface area contributed by atoms with E-state index < -0.39 is 0 Å². The third-order valence-corrected chi connectivity index (χ3v) is 18.2. The first-order valence-electron chi connectivity index (χ1n) is 31.2. The molecule has 0 radical (unpaired) electrons. The molecule has 0 N–H and O–H groups in total. The van der Waals surface area contributed by atoms with Gasteiger partial charge in [0, 0.05) is 111 Å². The van der Waals surface area contributed by atoms with Crippen LogP contribution in [0.3, 0.4) is 0 Å². The summed E-state index contributed by atoms with van der Waals surface area (Å²) in [7, 11) is 0. The number of para-hydroxylation sites is 8. The Morgan fingerprint density at radius 3 is 0.763 bits per heavy atom. The molecule has 5 aromatic heterocycles. The molecule has 0 amide bonds. The number of rotatable bonds is 12. The van der Waals surface area contributed by atoms with Gasteiger partial charge in [0.25, 0.3) is 0 Å². The van der Waals surface area contributed by atoms with Crippen molar-refractivity contribution in [2.75, 3.05) is 19.6 Å². The summed E-state index contributed by atoms with van der Waals surface area (Å²) in [5.74, 6) is 0. The molecule has 0 atom stereocenters. The lowest BCUT2D eigenvalue weighted by molar-refractivity contribution is 0.662. The van der Waals surface area contributed by atoms with Crippen molar-refractivity contribution in [3.05, 3.63) is 315 Å². The maximum absolute atomic E-state index is 6.94. The molecule has 19 rings (SSSR count). The Bertz CT molecular complexity index is 5620. The number of anilines is 12. The monoisotopic (exact) mass is 1200 g/mol. The van der Waals surface area contributed by atoms with Gasteiger partial charge in [0.1, 0.15) is 44.7 Å². The average Bonchev–Trinajstić information content (AvgIpc) is 1.61. The van der Waals surface area contributed by atoms with Crippen LogP contribution in [0.25, 0.3) is 110 Å². The Morgan fingerprint density at radius 2 is 0.409 bits per heavy atom. The fourth-order valence-electron chi connectivity index (χ4n) is 13.9. The summed E-state index contributed by atoms with van der Waals surface area (Å²) in [6, 6.07) is 110. The van der Waals surface area contributed by atoms with Crippen LogP contribution in [0.15, 0.2) is 338 Å². The van der Waals surface area contributed by atoms with E-state index in [1.165, 1.54) is 0 Å². The molecular weight excluding hydrogens is 1140 g/mol. The van der Waals surface area contributed by atoms with E-state index in [4.69, 9.17) is 22.1 Å². The van der Waals surface area contributed by atoms with E-state index in [2.05, 4.69) is 287 Å². The van der Waals surface area contributed by atoms with Gasteiger partial charge >= 0.3 is 0 Å². The highest BCUT2D eigenvalue weighted by atomic mass is 16.3. The first kappa shape index (κ1) is 52.2. The van der Waals surface area contributed by atoms with E-state index >= 15 is 0 Å².